The van der Waals surface area contributed by atoms with Crippen LogP contribution in [0.15, 0.2) is 35.8 Å². The lowest BCUT2D eigenvalue weighted by molar-refractivity contribution is 0.324. The number of hydrogen-bond acceptors (Lipinski definition) is 3. The standard InChI is InChI=1S/C17H28N2O/c1-6-8-19(9-7-2)13-16-10-17(20-15(16)5)12-18-11-14(3)4/h6-7,10,14,18H,1-2,8-9,11-13H2,3-5H3. The number of rotatable bonds is 10. The van der Waals surface area contributed by atoms with Crippen LogP contribution in [0, 0.1) is 12.8 Å². The van der Waals surface area contributed by atoms with E-state index < -0.39 is 0 Å². The SMILES string of the molecule is C=CCN(CC=C)Cc1cc(CNCC(C)C)oc1C. The molecule has 0 radical (unpaired) electrons. The average Bonchev–Trinajstić information content (AvgIpc) is 2.70. The van der Waals surface area contributed by atoms with Crippen LogP contribution in [0.3, 0.4) is 0 Å². The van der Waals surface area contributed by atoms with Gasteiger partial charge in [0, 0.05) is 25.2 Å². The molecule has 20 heavy (non-hydrogen) atoms. The lowest BCUT2D eigenvalue weighted by Gasteiger charge is -2.17. The molecule has 3 nitrogen and oxygen atoms in total. The van der Waals surface area contributed by atoms with E-state index in [4.69, 9.17) is 4.42 Å². The molecule has 0 aliphatic carbocycles. The van der Waals surface area contributed by atoms with E-state index in [0.717, 1.165) is 44.2 Å². The van der Waals surface area contributed by atoms with E-state index in [1.165, 1.54) is 5.56 Å². The fourth-order valence-corrected chi connectivity index (χ4v) is 2.13. The number of hydrogen-bond donors (Lipinski definition) is 1. The van der Waals surface area contributed by atoms with Crippen molar-refractivity contribution >= 4 is 0 Å². The molecule has 1 aromatic heterocycles. The van der Waals surface area contributed by atoms with E-state index in [0.29, 0.717) is 5.92 Å². The Morgan fingerprint density at radius 3 is 2.50 bits per heavy atom. The maximum Gasteiger partial charge on any atom is 0.118 e. The normalized spacial score (nSPS) is 11.2. The molecule has 0 atom stereocenters. The van der Waals surface area contributed by atoms with Crippen LogP contribution in [-0.2, 0) is 13.1 Å². The second-order valence-electron chi connectivity index (χ2n) is 5.59. The molecule has 3 heteroatoms. The number of aryl methyl sites for hydroxylation is 1. The van der Waals surface area contributed by atoms with Gasteiger partial charge < -0.3 is 9.73 Å². The van der Waals surface area contributed by atoms with Gasteiger partial charge in [-0.1, -0.05) is 26.0 Å². The summed E-state index contributed by atoms with van der Waals surface area (Å²) in [6.45, 7) is 18.4. The Bertz CT molecular complexity index is 411. The van der Waals surface area contributed by atoms with E-state index in [1.807, 2.05) is 19.1 Å². The zero-order valence-corrected chi connectivity index (χ0v) is 13.1. The van der Waals surface area contributed by atoms with Gasteiger partial charge >= 0.3 is 0 Å². The van der Waals surface area contributed by atoms with Gasteiger partial charge in [-0.2, -0.15) is 0 Å². The molecule has 112 valence electrons. The number of furan rings is 1. The fraction of sp³-hybridized carbons (Fsp3) is 0.529. The Morgan fingerprint density at radius 2 is 1.95 bits per heavy atom. The van der Waals surface area contributed by atoms with Crippen LogP contribution in [0.5, 0.6) is 0 Å². The summed E-state index contributed by atoms with van der Waals surface area (Å²) in [5.74, 6) is 2.67. The largest absolute Gasteiger partial charge is 0.465 e. The molecule has 1 N–H and O–H groups in total. The Balaban J connectivity index is 2.59. The molecule has 0 bridgehead atoms. The van der Waals surface area contributed by atoms with Crippen LogP contribution < -0.4 is 5.32 Å². The molecule has 0 aliphatic rings. The van der Waals surface area contributed by atoms with E-state index in [1.54, 1.807) is 0 Å². The van der Waals surface area contributed by atoms with Gasteiger partial charge in [-0.05, 0) is 25.5 Å². The number of nitrogens with zero attached hydrogens (tertiary/aromatic N) is 1. The first-order valence-corrected chi connectivity index (χ1v) is 7.29. The van der Waals surface area contributed by atoms with Crippen molar-refractivity contribution in [2.45, 2.75) is 33.9 Å². The molecule has 0 aromatic carbocycles. The monoisotopic (exact) mass is 276 g/mol. The molecule has 0 fully saturated rings. The van der Waals surface area contributed by atoms with Crippen LogP contribution in [0.25, 0.3) is 0 Å². The molecule has 0 aliphatic heterocycles. The molecular weight excluding hydrogens is 248 g/mol. The van der Waals surface area contributed by atoms with E-state index in [-0.39, 0.29) is 0 Å². The van der Waals surface area contributed by atoms with Crippen LogP contribution in [0.1, 0.15) is 30.9 Å². The maximum absolute atomic E-state index is 5.81. The van der Waals surface area contributed by atoms with E-state index >= 15 is 0 Å². The van der Waals surface area contributed by atoms with Gasteiger partial charge in [0.2, 0.25) is 0 Å². The van der Waals surface area contributed by atoms with Gasteiger partial charge in [-0.25, -0.2) is 0 Å². The first-order chi connectivity index (χ1) is 9.56. The molecule has 0 amide bonds. The first-order valence-electron chi connectivity index (χ1n) is 7.29. The van der Waals surface area contributed by atoms with E-state index in [9.17, 15) is 0 Å². The maximum atomic E-state index is 5.81. The van der Waals surface area contributed by atoms with Gasteiger partial charge in [0.15, 0.2) is 0 Å². The van der Waals surface area contributed by atoms with Gasteiger partial charge in [-0.15, -0.1) is 13.2 Å². The minimum atomic E-state index is 0.654. The molecule has 0 spiro atoms. The zero-order valence-electron chi connectivity index (χ0n) is 13.1. The predicted octanol–water partition coefficient (Wildman–Crippen LogP) is 3.51. The summed E-state index contributed by atoms with van der Waals surface area (Å²) in [5.41, 5.74) is 1.25. The topological polar surface area (TPSA) is 28.4 Å². The van der Waals surface area contributed by atoms with Crippen molar-refractivity contribution < 1.29 is 4.42 Å². The quantitative estimate of drug-likeness (QED) is 0.663. The third kappa shape index (κ3) is 5.76. The third-order valence-electron chi connectivity index (χ3n) is 3.09. The molecule has 1 aromatic rings. The Hall–Kier alpha value is -1.32. The van der Waals surface area contributed by atoms with Crippen LogP contribution in [0.2, 0.25) is 0 Å². The van der Waals surface area contributed by atoms with E-state index in [2.05, 4.69) is 43.3 Å². The van der Waals surface area contributed by atoms with Gasteiger partial charge in [0.1, 0.15) is 11.5 Å². The summed E-state index contributed by atoms with van der Waals surface area (Å²) in [6.07, 6.45) is 3.84. The van der Waals surface area contributed by atoms with Crippen molar-refractivity contribution in [1.29, 1.82) is 0 Å². The summed E-state index contributed by atoms with van der Waals surface area (Å²) >= 11 is 0. The van der Waals surface area contributed by atoms with Crippen molar-refractivity contribution in [2.75, 3.05) is 19.6 Å². The number of nitrogens with one attached hydrogen (secondary N) is 1. The van der Waals surface area contributed by atoms with Crippen molar-refractivity contribution in [3.63, 3.8) is 0 Å². The minimum Gasteiger partial charge on any atom is -0.465 e. The van der Waals surface area contributed by atoms with Crippen LogP contribution in [-0.4, -0.2) is 24.5 Å². The summed E-state index contributed by atoms with van der Waals surface area (Å²) in [7, 11) is 0. The second kappa shape index (κ2) is 8.77. The highest BCUT2D eigenvalue weighted by molar-refractivity contribution is 5.21. The molecule has 0 saturated heterocycles. The molecule has 0 unspecified atom stereocenters. The third-order valence-corrected chi connectivity index (χ3v) is 3.09. The Kier molecular flexibility index (Phi) is 7.34. The lowest BCUT2D eigenvalue weighted by Crippen LogP contribution is -2.23. The highest BCUT2D eigenvalue weighted by Crippen LogP contribution is 2.17. The minimum absolute atomic E-state index is 0.654. The average molecular weight is 276 g/mol. The molecule has 1 rings (SSSR count). The zero-order chi connectivity index (χ0) is 15.0. The van der Waals surface area contributed by atoms with Crippen LogP contribution >= 0.6 is 0 Å². The summed E-state index contributed by atoms with van der Waals surface area (Å²) in [4.78, 5) is 2.28. The summed E-state index contributed by atoms with van der Waals surface area (Å²) in [5, 5.41) is 3.41. The first kappa shape index (κ1) is 16.7. The lowest BCUT2D eigenvalue weighted by atomic mass is 10.2. The smallest absolute Gasteiger partial charge is 0.118 e. The van der Waals surface area contributed by atoms with Crippen molar-refractivity contribution in [1.82, 2.24) is 10.2 Å². The van der Waals surface area contributed by atoms with Crippen molar-refractivity contribution in [2.24, 2.45) is 5.92 Å². The summed E-state index contributed by atoms with van der Waals surface area (Å²) < 4.78 is 5.81. The van der Waals surface area contributed by atoms with Gasteiger partial charge in [0.25, 0.3) is 0 Å². The van der Waals surface area contributed by atoms with Crippen molar-refractivity contribution in [3.8, 4) is 0 Å². The van der Waals surface area contributed by atoms with Crippen molar-refractivity contribution in [3.05, 3.63) is 48.5 Å². The Morgan fingerprint density at radius 1 is 1.30 bits per heavy atom. The fourth-order valence-electron chi connectivity index (χ4n) is 2.13. The molecular formula is C17H28N2O. The van der Waals surface area contributed by atoms with Crippen LogP contribution in [0.4, 0.5) is 0 Å². The Labute approximate surface area is 123 Å². The highest BCUT2D eigenvalue weighted by Gasteiger charge is 2.10. The molecule has 0 saturated carbocycles. The summed E-state index contributed by atoms with van der Waals surface area (Å²) in [6, 6.07) is 2.15. The van der Waals surface area contributed by atoms with Gasteiger partial charge in [-0.3, -0.25) is 4.90 Å². The highest BCUT2D eigenvalue weighted by atomic mass is 16.3. The molecule has 1 heterocycles. The second-order valence-corrected chi connectivity index (χ2v) is 5.59. The predicted molar refractivity (Wildman–Crippen MR) is 85.7 cm³/mol. The van der Waals surface area contributed by atoms with Gasteiger partial charge in [0.05, 0.1) is 6.54 Å².